The van der Waals surface area contributed by atoms with Gasteiger partial charge in [0.2, 0.25) is 0 Å². The highest BCUT2D eigenvalue weighted by atomic mass is 16.1. The monoisotopic (exact) mass is 331 g/mol. The van der Waals surface area contributed by atoms with Gasteiger partial charge in [0.1, 0.15) is 0 Å². The van der Waals surface area contributed by atoms with Gasteiger partial charge in [-0.25, -0.2) is 0 Å². The van der Waals surface area contributed by atoms with Gasteiger partial charge in [0.05, 0.1) is 0 Å². The fraction of sp³-hybridized carbons (Fsp3) is 0.261. The molecule has 1 heterocycles. The summed E-state index contributed by atoms with van der Waals surface area (Å²) in [7, 11) is 0. The molecule has 25 heavy (non-hydrogen) atoms. The average Bonchev–Trinajstić information content (AvgIpc) is 2.64. The molecule has 2 nitrogen and oxygen atoms in total. The second-order valence-corrected chi connectivity index (χ2v) is 6.39. The van der Waals surface area contributed by atoms with Crippen LogP contribution < -0.4 is 5.43 Å². The van der Waals surface area contributed by atoms with Gasteiger partial charge in [0.15, 0.2) is 5.43 Å². The fourth-order valence-corrected chi connectivity index (χ4v) is 3.40. The van der Waals surface area contributed by atoms with Crippen molar-refractivity contribution in [2.24, 2.45) is 0 Å². The van der Waals surface area contributed by atoms with E-state index in [-0.39, 0.29) is 5.43 Å². The number of aryl methyl sites for hydroxylation is 2. The van der Waals surface area contributed by atoms with E-state index < -0.39 is 0 Å². The van der Waals surface area contributed by atoms with Crippen molar-refractivity contribution in [3.63, 3.8) is 0 Å². The van der Waals surface area contributed by atoms with E-state index in [0.717, 1.165) is 59.3 Å². The number of hydrogen-bond acceptors (Lipinski definition) is 1. The molecule has 1 N–H and O–H groups in total. The standard InChI is InChI=1S/C23H25NO/c1-3-11-19-21(17-13-7-5-8-14-17)23(25)22(20(24-19)12-4-2)18-15-9-6-10-16-18/h5-10,13-16H,3-4,11-12H2,1-2H3,(H,24,25). The average molecular weight is 331 g/mol. The van der Waals surface area contributed by atoms with Gasteiger partial charge in [-0.2, -0.15) is 0 Å². The largest absolute Gasteiger partial charge is 0.361 e. The van der Waals surface area contributed by atoms with E-state index in [1.807, 2.05) is 60.7 Å². The second kappa shape index (κ2) is 7.98. The lowest BCUT2D eigenvalue weighted by Gasteiger charge is -2.16. The van der Waals surface area contributed by atoms with Crippen LogP contribution in [0.2, 0.25) is 0 Å². The number of aromatic nitrogens is 1. The van der Waals surface area contributed by atoms with Crippen molar-refractivity contribution < 1.29 is 0 Å². The molecule has 0 fully saturated rings. The number of nitrogens with one attached hydrogen (secondary N) is 1. The summed E-state index contributed by atoms with van der Waals surface area (Å²) in [6.45, 7) is 4.30. The van der Waals surface area contributed by atoms with Gasteiger partial charge < -0.3 is 4.98 Å². The zero-order valence-corrected chi connectivity index (χ0v) is 15.0. The Morgan fingerprint density at radius 2 is 1.08 bits per heavy atom. The smallest absolute Gasteiger partial charge is 0.197 e. The minimum Gasteiger partial charge on any atom is -0.361 e. The third kappa shape index (κ3) is 3.58. The lowest BCUT2D eigenvalue weighted by molar-refractivity contribution is 0.832. The highest BCUT2D eigenvalue weighted by Crippen LogP contribution is 2.27. The van der Waals surface area contributed by atoms with E-state index >= 15 is 0 Å². The molecule has 3 aromatic rings. The summed E-state index contributed by atoms with van der Waals surface area (Å²) in [4.78, 5) is 17.2. The molecule has 0 atom stereocenters. The summed E-state index contributed by atoms with van der Waals surface area (Å²) < 4.78 is 0. The van der Waals surface area contributed by atoms with Gasteiger partial charge in [-0.05, 0) is 24.0 Å². The molecule has 1 aromatic heterocycles. The minimum absolute atomic E-state index is 0.142. The zero-order valence-electron chi connectivity index (χ0n) is 15.0. The second-order valence-electron chi connectivity index (χ2n) is 6.39. The third-order valence-electron chi connectivity index (χ3n) is 4.48. The Bertz CT molecular complexity index is 808. The normalized spacial score (nSPS) is 10.8. The Kier molecular flexibility index (Phi) is 5.49. The number of benzene rings is 2. The molecule has 2 aromatic carbocycles. The lowest BCUT2D eigenvalue weighted by atomic mass is 9.93. The van der Waals surface area contributed by atoms with Crippen LogP contribution >= 0.6 is 0 Å². The Labute approximate surface area is 149 Å². The van der Waals surface area contributed by atoms with Crippen molar-refractivity contribution in [1.82, 2.24) is 4.98 Å². The SMILES string of the molecule is CCCc1[nH]c(CCC)c(-c2ccccc2)c(=O)c1-c1ccccc1. The van der Waals surface area contributed by atoms with Gasteiger partial charge in [0, 0.05) is 22.5 Å². The molecule has 0 aliphatic heterocycles. The molecule has 0 aliphatic rings. The van der Waals surface area contributed by atoms with Gasteiger partial charge in [-0.3, -0.25) is 4.79 Å². The molecule has 2 heteroatoms. The van der Waals surface area contributed by atoms with Crippen LogP contribution in [0.25, 0.3) is 22.3 Å². The highest BCUT2D eigenvalue weighted by molar-refractivity contribution is 5.75. The Hall–Kier alpha value is -2.61. The summed E-state index contributed by atoms with van der Waals surface area (Å²) in [6, 6.07) is 20.0. The van der Waals surface area contributed by atoms with Crippen molar-refractivity contribution in [3.05, 3.63) is 82.3 Å². The summed E-state index contributed by atoms with van der Waals surface area (Å²) >= 11 is 0. The Balaban J connectivity index is 2.32. The van der Waals surface area contributed by atoms with Gasteiger partial charge in [0.25, 0.3) is 0 Å². The number of hydrogen-bond donors (Lipinski definition) is 1. The highest BCUT2D eigenvalue weighted by Gasteiger charge is 2.18. The number of aromatic amines is 1. The molecule has 0 saturated heterocycles. The van der Waals surface area contributed by atoms with Crippen LogP contribution in [-0.2, 0) is 12.8 Å². The van der Waals surface area contributed by atoms with E-state index in [2.05, 4.69) is 18.8 Å². The van der Waals surface area contributed by atoms with Crippen LogP contribution in [0.5, 0.6) is 0 Å². The molecule has 0 bridgehead atoms. The summed E-state index contributed by atoms with van der Waals surface area (Å²) in [6.07, 6.45) is 3.77. The van der Waals surface area contributed by atoms with E-state index in [9.17, 15) is 4.79 Å². The van der Waals surface area contributed by atoms with Crippen LogP contribution in [-0.4, -0.2) is 4.98 Å². The molecule has 0 saturated carbocycles. The van der Waals surface area contributed by atoms with Crippen molar-refractivity contribution in [1.29, 1.82) is 0 Å². The summed E-state index contributed by atoms with van der Waals surface area (Å²) in [5.41, 5.74) is 5.88. The molecule has 0 unspecified atom stereocenters. The summed E-state index contributed by atoms with van der Waals surface area (Å²) in [5.74, 6) is 0. The Morgan fingerprint density at radius 1 is 0.680 bits per heavy atom. The molecular formula is C23H25NO. The molecule has 3 rings (SSSR count). The maximum absolute atomic E-state index is 13.5. The predicted octanol–water partition coefficient (Wildman–Crippen LogP) is 5.61. The van der Waals surface area contributed by atoms with Gasteiger partial charge in [-0.15, -0.1) is 0 Å². The lowest BCUT2D eigenvalue weighted by Crippen LogP contribution is -2.17. The van der Waals surface area contributed by atoms with E-state index in [0.29, 0.717) is 0 Å². The molecule has 0 amide bonds. The minimum atomic E-state index is 0.142. The fourth-order valence-electron chi connectivity index (χ4n) is 3.40. The summed E-state index contributed by atoms with van der Waals surface area (Å²) in [5, 5.41) is 0. The molecule has 0 spiro atoms. The van der Waals surface area contributed by atoms with Crippen molar-refractivity contribution in [3.8, 4) is 22.3 Å². The molecule has 0 aliphatic carbocycles. The predicted molar refractivity (Wildman–Crippen MR) is 106 cm³/mol. The first-order valence-corrected chi connectivity index (χ1v) is 9.15. The van der Waals surface area contributed by atoms with Gasteiger partial charge >= 0.3 is 0 Å². The van der Waals surface area contributed by atoms with Crippen LogP contribution in [0.3, 0.4) is 0 Å². The van der Waals surface area contributed by atoms with Crippen LogP contribution in [0.4, 0.5) is 0 Å². The van der Waals surface area contributed by atoms with Crippen molar-refractivity contribution >= 4 is 0 Å². The van der Waals surface area contributed by atoms with E-state index in [1.54, 1.807) is 0 Å². The Morgan fingerprint density at radius 3 is 1.44 bits per heavy atom. The van der Waals surface area contributed by atoms with Crippen LogP contribution in [0.15, 0.2) is 65.5 Å². The topological polar surface area (TPSA) is 32.9 Å². The van der Waals surface area contributed by atoms with Crippen molar-refractivity contribution in [2.75, 3.05) is 0 Å². The first kappa shape index (κ1) is 17.2. The first-order chi connectivity index (χ1) is 12.3. The van der Waals surface area contributed by atoms with E-state index in [1.165, 1.54) is 0 Å². The first-order valence-electron chi connectivity index (χ1n) is 9.15. The van der Waals surface area contributed by atoms with Crippen molar-refractivity contribution in [2.45, 2.75) is 39.5 Å². The van der Waals surface area contributed by atoms with E-state index in [4.69, 9.17) is 0 Å². The van der Waals surface area contributed by atoms with Crippen LogP contribution in [0.1, 0.15) is 38.1 Å². The maximum Gasteiger partial charge on any atom is 0.197 e. The van der Waals surface area contributed by atoms with Gasteiger partial charge in [-0.1, -0.05) is 87.4 Å². The third-order valence-corrected chi connectivity index (χ3v) is 4.48. The van der Waals surface area contributed by atoms with Crippen LogP contribution in [0, 0.1) is 0 Å². The number of rotatable bonds is 6. The molecule has 128 valence electrons. The zero-order chi connectivity index (χ0) is 17.6. The number of H-pyrrole nitrogens is 1. The molecular weight excluding hydrogens is 306 g/mol. The quantitative estimate of drug-likeness (QED) is 0.625. The maximum atomic E-state index is 13.5. The molecule has 0 radical (unpaired) electrons. The number of pyridine rings is 1.